The van der Waals surface area contributed by atoms with Crippen LogP contribution in [0.5, 0.6) is 0 Å². The zero-order valence-electron chi connectivity index (χ0n) is 14.0. The Morgan fingerprint density at radius 1 is 1.23 bits per heavy atom. The maximum Gasteiger partial charge on any atom is 0.305 e. The van der Waals surface area contributed by atoms with Crippen LogP contribution in [0.1, 0.15) is 45.2 Å². The molecule has 0 aliphatic rings. The predicted molar refractivity (Wildman–Crippen MR) is 86.8 cm³/mol. The summed E-state index contributed by atoms with van der Waals surface area (Å²) in [5, 5.41) is 0.572. The fourth-order valence-corrected chi connectivity index (χ4v) is 2.13. The molecule has 0 fully saturated rings. The van der Waals surface area contributed by atoms with E-state index in [2.05, 4.69) is 9.72 Å². The molecule has 0 bridgehead atoms. The van der Waals surface area contributed by atoms with Crippen LogP contribution in [0.2, 0.25) is 5.02 Å². The normalized spacial score (nSPS) is 10.6. The summed E-state index contributed by atoms with van der Waals surface area (Å²) in [5.74, 6) is -1.16. The first-order chi connectivity index (χ1) is 10.6. The third kappa shape index (κ3) is 6.30. The first-order valence-electron chi connectivity index (χ1n) is 7.37. The smallest absolute Gasteiger partial charge is 0.305 e. The minimum atomic E-state index is -0.943. The van der Waals surface area contributed by atoms with E-state index in [1.54, 1.807) is 32.5 Å². The number of esters is 1. The molecule has 0 saturated carbocycles. The summed E-state index contributed by atoms with van der Waals surface area (Å²) >= 11 is 5.97. The van der Waals surface area contributed by atoms with Gasteiger partial charge >= 0.3 is 5.97 Å². The third-order valence-corrected chi connectivity index (χ3v) is 3.37. The molecule has 1 heterocycles. The van der Waals surface area contributed by atoms with E-state index in [4.69, 9.17) is 21.1 Å². The summed E-state index contributed by atoms with van der Waals surface area (Å²) in [6.45, 7) is 4.00. The lowest BCUT2D eigenvalue weighted by atomic mass is 10.0. The minimum absolute atomic E-state index is 0.216. The Bertz CT molecular complexity index is 436. The van der Waals surface area contributed by atoms with Crippen LogP contribution in [0, 0.1) is 0 Å². The second-order valence-electron chi connectivity index (χ2n) is 4.30. The van der Waals surface area contributed by atoms with Crippen molar-refractivity contribution in [1.82, 2.24) is 4.98 Å². The lowest BCUT2D eigenvalue weighted by Crippen LogP contribution is -2.32. The highest BCUT2D eigenvalue weighted by Gasteiger charge is 2.33. The number of pyridine rings is 1. The Hall–Kier alpha value is -1.17. The van der Waals surface area contributed by atoms with Gasteiger partial charge in [-0.3, -0.25) is 9.78 Å². The van der Waals surface area contributed by atoms with Crippen molar-refractivity contribution >= 4 is 17.6 Å². The van der Waals surface area contributed by atoms with Gasteiger partial charge in [0.1, 0.15) is 5.69 Å². The first-order valence-corrected chi connectivity index (χ1v) is 7.75. The highest BCUT2D eigenvalue weighted by Crippen LogP contribution is 2.31. The number of nitrogens with zero attached hydrogens (tertiary/aromatic N) is 1. The van der Waals surface area contributed by atoms with Crippen molar-refractivity contribution in [3.63, 3.8) is 0 Å². The number of hydrogen-bond acceptors (Lipinski definition) is 5. The summed E-state index contributed by atoms with van der Waals surface area (Å²) in [6.07, 6.45) is 4.00. The van der Waals surface area contributed by atoms with Crippen molar-refractivity contribution < 1.29 is 19.0 Å². The molecule has 22 heavy (non-hydrogen) atoms. The van der Waals surface area contributed by atoms with Gasteiger partial charge in [0.15, 0.2) is 0 Å². The van der Waals surface area contributed by atoms with Crippen LogP contribution in [0.25, 0.3) is 0 Å². The number of methoxy groups -OCH3 is 3. The molecule has 126 valence electrons. The fourth-order valence-electron chi connectivity index (χ4n) is 1.97. The molecule has 1 rings (SSSR count). The van der Waals surface area contributed by atoms with Crippen LogP contribution < -0.4 is 0 Å². The lowest BCUT2D eigenvalue weighted by Gasteiger charge is -2.30. The molecule has 0 radical (unpaired) electrons. The highest BCUT2D eigenvalue weighted by molar-refractivity contribution is 6.30. The lowest BCUT2D eigenvalue weighted by molar-refractivity contribution is -0.223. The molecule has 1 aromatic heterocycles. The monoisotopic (exact) mass is 331 g/mol. The van der Waals surface area contributed by atoms with Crippen LogP contribution in [0.4, 0.5) is 0 Å². The van der Waals surface area contributed by atoms with Gasteiger partial charge in [-0.05, 0) is 25.0 Å². The molecule has 0 N–H and O–H groups in total. The van der Waals surface area contributed by atoms with E-state index in [0.29, 0.717) is 30.0 Å². The van der Waals surface area contributed by atoms with Crippen molar-refractivity contribution in [2.24, 2.45) is 0 Å². The maximum atomic E-state index is 11.1. The van der Waals surface area contributed by atoms with E-state index < -0.39 is 5.79 Å². The summed E-state index contributed by atoms with van der Waals surface area (Å²) in [4.78, 5) is 15.3. The second-order valence-corrected chi connectivity index (χ2v) is 4.74. The summed E-state index contributed by atoms with van der Waals surface area (Å²) in [5.41, 5.74) is 0.619. The van der Waals surface area contributed by atoms with Crippen LogP contribution in [0.3, 0.4) is 0 Å². The molecule has 0 spiro atoms. The Morgan fingerprint density at radius 2 is 1.86 bits per heavy atom. The predicted octanol–water partition coefficient (Wildman–Crippen LogP) is 3.94. The van der Waals surface area contributed by atoms with Gasteiger partial charge in [0.05, 0.1) is 7.11 Å². The highest BCUT2D eigenvalue weighted by atomic mass is 35.5. The third-order valence-electron chi connectivity index (χ3n) is 3.14. The number of halogens is 1. The van der Waals surface area contributed by atoms with Gasteiger partial charge in [0.25, 0.3) is 0 Å². The molecule has 0 aliphatic carbocycles. The van der Waals surface area contributed by atoms with E-state index in [1.807, 2.05) is 13.8 Å². The summed E-state index contributed by atoms with van der Waals surface area (Å²) in [7, 11) is 4.51. The van der Waals surface area contributed by atoms with Crippen LogP contribution in [-0.4, -0.2) is 32.3 Å². The zero-order chi connectivity index (χ0) is 17.0. The van der Waals surface area contributed by atoms with Gasteiger partial charge in [0, 0.05) is 38.3 Å². The first kappa shape index (κ1) is 20.8. The van der Waals surface area contributed by atoms with E-state index >= 15 is 0 Å². The maximum absolute atomic E-state index is 11.1. The van der Waals surface area contributed by atoms with Crippen LogP contribution >= 0.6 is 11.6 Å². The largest absolute Gasteiger partial charge is 0.469 e. The number of hydrogen-bond donors (Lipinski definition) is 0. The number of carbonyl (C=O) groups is 1. The van der Waals surface area contributed by atoms with Gasteiger partial charge in [0.2, 0.25) is 5.79 Å². The molecule has 5 nitrogen and oxygen atoms in total. The number of unbranched alkanes of at least 4 members (excludes halogenated alkanes) is 1. The van der Waals surface area contributed by atoms with E-state index in [9.17, 15) is 4.79 Å². The van der Waals surface area contributed by atoms with Crippen molar-refractivity contribution in [2.75, 3.05) is 21.3 Å². The Labute approximate surface area is 137 Å². The van der Waals surface area contributed by atoms with Crippen molar-refractivity contribution in [1.29, 1.82) is 0 Å². The van der Waals surface area contributed by atoms with E-state index in [1.165, 1.54) is 7.11 Å². The molecule has 0 saturated heterocycles. The SMILES string of the molecule is CC.COC(=O)CCCCC(OC)(OC)c1cc(Cl)ccn1. The molecule has 0 unspecified atom stereocenters. The van der Waals surface area contributed by atoms with Crippen LogP contribution in [-0.2, 0) is 24.8 Å². The molecule has 6 heteroatoms. The molecule has 0 amide bonds. The topological polar surface area (TPSA) is 57.7 Å². The van der Waals surface area contributed by atoms with E-state index in [0.717, 1.165) is 6.42 Å². The summed E-state index contributed by atoms with van der Waals surface area (Å²) < 4.78 is 15.6. The Morgan fingerprint density at radius 3 is 2.36 bits per heavy atom. The second kappa shape index (κ2) is 11.4. The number of ether oxygens (including phenoxy) is 3. The van der Waals surface area contributed by atoms with Crippen molar-refractivity contribution in [3.05, 3.63) is 29.0 Å². The minimum Gasteiger partial charge on any atom is -0.469 e. The Kier molecular flexibility index (Phi) is 10.8. The quantitative estimate of drug-likeness (QED) is 0.410. The van der Waals surface area contributed by atoms with Crippen molar-refractivity contribution in [3.8, 4) is 0 Å². The van der Waals surface area contributed by atoms with Gasteiger partial charge < -0.3 is 14.2 Å². The van der Waals surface area contributed by atoms with Gasteiger partial charge in [-0.1, -0.05) is 25.4 Å². The Balaban J connectivity index is 0.00000211. The molecule has 0 aliphatic heterocycles. The molecule has 0 atom stereocenters. The molecule has 0 aromatic carbocycles. The number of carbonyl (C=O) groups excluding carboxylic acids is 1. The van der Waals surface area contributed by atoms with Gasteiger partial charge in [-0.2, -0.15) is 0 Å². The fraction of sp³-hybridized carbons (Fsp3) is 0.625. The molecular weight excluding hydrogens is 306 g/mol. The average Bonchev–Trinajstić information content (AvgIpc) is 2.57. The molecular formula is C16H26ClNO4. The standard InChI is InChI=1S/C14H20ClNO4.C2H6/c1-18-13(17)6-4-5-8-14(19-2,20-3)12-10-11(15)7-9-16-12;1-2/h7,9-10H,4-6,8H2,1-3H3;1-2H3. The summed E-state index contributed by atoms with van der Waals surface area (Å²) in [6, 6.07) is 3.41. The zero-order valence-corrected chi connectivity index (χ0v) is 14.8. The average molecular weight is 332 g/mol. The van der Waals surface area contributed by atoms with E-state index in [-0.39, 0.29) is 5.97 Å². The van der Waals surface area contributed by atoms with Crippen LogP contribution in [0.15, 0.2) is 18.3 Å². The van der Waals surface area contributed by atoms with Gasteiger partial charge in [-0.25, -0.2) is 0 Å². The molecule has 1 aromatic rings. The number of aromatic nitrogens is 1. The van der Waals surface area contributed by atoms with Crippen molar-refractivity contribution in [2.45, 2.75) is 45.3 Å². The van der Waals surface area contributed by atoms with Gasteiger partial charge in [-0.15, -0.1) is 0 Å². The number of rotatable bonds is 8.